The van der Waals surface area contributed by atoms with Gasteiger partial charge in [0.25, 0.3) is 0 Å². The van der Waals surface area contributed by atoms with E-state index in [4.69, 9.17) is 10.5 Å². The lowest BCUT2D eigenvalue weighted by Crippen LogP contribution is -2.34. The van der Waals surface area contributed by atoms with E-state index < -0.39 is 0 Å². The van der Waals surface area contributed by atoms with Crippen molar-refractivity contribution in [3.63, 3.8) is 0 Å². The molecule has 3 nitrogen and oxygen atoms in total. The number of nitrogens with zero attached hydrogens (tertiary/aromatic N) is 1. The van der Waals surface area contributed by atoms with Crippen molar-refractivity contribution in [1.29, 1.82) is 0 Å². The van der Waals surface area contributed by atoms with E-state index in [9.17, 15) is 0 Å². The zero-order valence-electron chi connectivity index (χ0n) is 12.5. The molecule has 3 heteroatoms. The Kier molecular flexibility index (Phi) is 4.14. The number of aromatic nitrogens is 1. The van der Waals surface area contributed by atoms with Gasteiger partial charge < -0.3 is 10.5 Å². The number of hydrogen-bond donors (Lipinski definition) is 1. The van der Waals surface area contributed by atoms with Crippen LogP contribution in [0.25, 0.3) is 0 Å². The molecule has 0 bridgehead atoms. The Morgan fingerprint density at radius 2 is 2.11 bits per heavy atom. The Bertz CT molecular complexity index is 411. The molecule has 1 heterocycles. The van der Waals surface area contributed by atoms with Crippen molar-refractivity contribution in [2.75, 3.05) is 0 Å². The van der Waals surface area contributed by atoms with Crippen molar-refractivity contribution in [2.45, 2.75) is 59.1 Å². The second-order valence-corrected chi connectivity index (χ2v) is 6.87. The second kappa shape index (κ2) is 5.49. The number of rotatable bonds is 3. The minimum absolute atomic E-state index is 0.0233. The molecule has 1 aliphatic carbocycles. The Morgan fingerprint density at radius 1 is 1.37 bits per heavy atom. The van der Waals surface area contributed by atoms with Crippen LogP contribution in [0.3, 0.4) is 0 Å². The Labute approximate surface area is 116 Å². The van der Waals surface area contributed by atoms with E-state index in [1.54, 1.807) is 0 Å². The molecule has 1 fully saturated rings. The number of nitrogens with two attached hydrogens (primary N) is 1. The predicted molar refractivity (Wildman–Crippen MR) is 78.1 cm³/mol. The average Bonchev–Trinajstić information content (AvgIpc) is 2.26. The van der Waals surface area contributed by atoms with Gasteiger partial charge in [-0.05, 0) is 43.1 Å². The molecule has 0 spiro atoms. The van der Waals surface area contributed by atoms with E-state index in [1.165, 1.54) is 6.42 Å². The van der Waals surface area contributed by atoms with Crippen LogP contribution in [-0.4, -0.2) is 11.1 Å². The first-order valence-corrected chi connectivity index (χ1v) is 7.24. The summed E-state index contributed by atoms with van der Waals surface area (Å²) in [5, 5.41) is 0. The molecule has 0 radical (unpaired) electrons. The fourth-order valence-electron chi connectivity index (χ4n) is 3.25. The zero-order chi connectivity index (χ0) is 14.0. The quantitative estimate of drug-likeness (QED) is 0.903. The highest BCUT2D eigenvalue weighted by Crippen LogP contribution is 2.39. The molecule has 1 saturated carbocycles. The molecule has 0 amide bonds. The molecule has 2 unspecified atom stereocenters. The van der Waals surface area contributed by atoms with E-state index in [1.807, 2.05) is 25.3 Å². The molecule has 2 N–H and O–H groups in total. The highest BCUT2D eigenvalue weighted by molar-refractivity contribution is 5.20. The van der Waals surface area contributed by atoms with Crippen LogP contribution in [0.4, 0.5) is 0 Å². The molecule has 1 aromatic heterocycles. The topological polar surface area (TPSA) is 48.1 Å². The standard InChI is InChI=1S/C16H26N2O/c1-11-7-14(9-16(3,4)8-11)19-15-6-5-13(10-18-15)12(2)17/h5-6,10-12,14H,7-9,17H2,1-4H3/t11?,12-,14?/m1/s1. The SMILES string of the molecule is CC1CC(Oc2ccc([C@@H](C)N)cn2)CC(C)(C)C1. The smallest absolute Gasteiger partial charge is 0.213 e. The van der Waals surface area contributed by atoms with Gasteiger partial charge in [-0.3, -0.25) is 0 Å². The Hall–Kier alpha value is -1.09. The maximum Gasteiger partial charge on any atom is 0.213 e. The van der Waals surface area contributed by atoms with Gasteiger partial charge in [-0.15, -0.1) is 0 Å². The average molecular weight is 262 g/mol. The molecule has 0 aromatic carbocycles. The molecule has 0 aliphatic heterocycles. The number of ether oxygens (including phenoxy) is 1. The normalized spacial score (nSPS) is 27.8. The summed E-state index contributed by atoms with van der Waals surface area (Å²) in [4.78, 5) is 4.36. The molecule has 0 saturated heterocycles. The molecule has 19 heavy (non-hydrogen) atoms. The van der Waals surface area contributed by atoms with Crippen molar-refractivity contribution in [3.8, 4) is 5.88 Å². The van der Waals surface area contributed by atoms with Crippen molar-refractivity contribution in [2.24, 2.45) is 17.1 Å². The van der Waals surface area contributed by atoms with Crippen LogP contribution < -0.4 is 10.5 Å². The third-order valence-corrected chi connectivity index (χ3v) is 3.92. The van der Waals surface area contributed by atoms with Gasteiger partial charge in [0.05, 0.1) is 0 Å². The van der Waals surface area contributed by atoms with Crippen LogP contribution in [0.15, 0.2) is 18.3 Å². The molecule has 106 valence electrons. The van der Waals surface area contributed by atoms with Gasteiger partial charge in [0, 0.05) is 18.3 Å². The van der Waals surface area contributed by atoms with Gasteiger partial charge in [-0.25, -0.2) is 4.98 Å². The highest BCUT2D eigenvalue weighted by Gasteiger charge is 2.33. The maximum atomic E-state index is 6.04. The Morgan fingerprint density at radius 3 is 2.63 bits per heavy atom. The molecule has 2 rings (SSSR count). The molecule has 1 aromatic rings. The van der Waals surface area contributed by atoms with Crippen LogP contribution in [0.5, 0.6) is 5.88 Å². The van der Waals surface area contributed by atoms with Crippen molar-refractivity contribution < 1.29 is 4.74 Å². The minimum Gasteiger partial charge on any atom is -0.474 e. The van der Waals surface area contributed by atoms with Gasteiger partial charge in [-0.1, -0.05) is 26.8 Å². The van der Waals surface area contributed by atoms with Crippen LogP contribution in [-0.2, 0) is 0 Å². The summed E-state index contributed by atoms with van der Waals surface area (Å²) >= 11 is 0. The van der Waals surface area contributed by atoms with E-state index >= 15 is 0 Å². The lowest BCUT2D eigenvalue weighted by molar-refractivity contribution is 0.0532. The summed E-state index contributed by atoms with van der Waals surface area (Å²) in [5.41, 5.74) is 7.24. The van der Waals surface area contributed by atoms with E-state index in [2.05, 4.69) is 25.8 Å². The van der Waals surface area contributed by atoms with Crippen LogP contribution in [0.2, 0.25) is 0 Å². The summed E-state index contributed by atoms with van der Waals surface area (Å²) in [7, 11) is 0. The van der Waals surface area contributed by atoms with Gasteiger partial charge in [0.1, 0.15) is 6.10 Å². The van der Waals surface area contributed by atoms with Gasteiger partial charge in [0.2, 0.25) is 5.88 Å². The predicted octanol–water partition coefficient (Wildman–Crippen LogP) is 3.69. The molecular formula is C16H26N2O. The van der Waals surface area contributed by atoms with Crippen molar-refractivity contribution >= 4 is 0 Å². The fourth-order valence-corrected chi connectivity index (χ4v) is 3.25. The number of pyridine rings is 1. The lowest BCUT2D eigenvalue weighted by atomic mass is 9.71. The van der Waals surface area contributed by atoms with E-state index in [0.717, 1.165) is 30.2 Å². The zero-order valence-corrected chi connectivity index (χ0v) is 12.5. The lowest BCUT2D eigenvalue weighted by Gasteiger charge is -2.38. The summed E-state index contributed by atoms with van der Waals surface area (Å²) < 4.78 is 6.04. The maximum absolute atomic E-state index is 6.04. The Balaban J connectivity index is 2.00. The third-order valence-electron chi connectivity index (χ3n) is 3.92. The van der Waals surface area contributed by atoms with Gasteiger partial charge in [-0.2, -0.15) is 0 Å². The summed E-state index contributed by atoms with van der Waals surface area (Å²) in [6, 6.07) is 3.96. The van der Waals surface area contributed by atoms with E-state index in [0.29, 0.717) is 5.41 Å². The summed E-state index contributed by atoms with van der Waals surface area (Å²) in [5.74, 6) is 1.44. The van der Waals surface area contributed by atoms with Crippen molar-refractivity contribution in [3.05, 3.63) is 23.9 Å². The first-order chi connectivity index (χ1) is 8.85. The molecule has 1 aliphatic rings. The minimum atomic E-state index is 0.0233. The van der Waals surface area contributed by atoms with Gasteiger partial charge in [0.15, 0.2) is 0 Å². The van der Waals surface area contributed by atoms with Crippen LogP contribution in [0, 0.1) is 11.3 Å². The monoisotopic (exact) mass is 262 g/mol. The fraction of sp³-hybridized carbons (Fsp3) is 0.688. The van der Waals surface area contributed by atoms with Crippen LogP contribution >= 0.6 is 0 Å². The van der Waals surface area contributed by atoms with E-state index in [-0.39, 0.29) is 12.1 Å². The first-order valence-electron chi connectivity index (χ1n) is 7.24. The summed E-state index contributed by atoms with van der Waals surface area (Å²) in [6.07, 6.45) is 5.61. The van der Waals surface area contributed by atoms with Crippen molar-refractivity contribution in [1.82, 2.24) is 4.98 Å². The molecule has 3 atom stereocenters. The molecular weight excluding hydrogens is 236 g/mol. The number of hydrogen-bond acceptors (Lipinski definition) is 3. The third kappa shape index (κ3) is 3.93. The largest absolute Gasteiger partial charge is 0.474 e. The van der Waals surface area contributed by atoms with Crippen LogP contribution in [0.1, 0.15) is 58.6 Å². The first kappa shape index (κ1) is 14.3. The van der Waals surface area contributed by atoms with Gasteiger partial charge >= 0.3 is 0 Å². The summed E-state index contributed by atoms with van der Waals surface area (Å²) in [6.45, 7) is 8.92. The highest BCUT2D eigenvalue weighted by atomic mass is 16.5. The second-order valence-electron chi connectivity index (χ2n) is 6.87.